The van der Waals surface area contributed by atoms with Gasteiger partial charge in [0.2, 0.25) is 0 Å². The minimum Gasteiger partial charge on any atom is -0.497 e. The van der Waals surface area contributed by atoms with Crippen LogP contribution in [0.3, 0.4) is 0 Å². The van der Waals surface area contributed by atoms with Gasteiger partial charge in [0.25, 0.3) is 0 Å². The molecule has 0 atom stereocenters. The third-order valence-electron chi connectivity index (χ3n) is 3.77. The van der Waals surface area contributed by atoms with Gasteiger partial charge in [-0.25, -0.2) is 0 Å². The van der Waals surface area contributed by atoms with Gasteiger partial charge in [-0.3, -0.25) is 0 Å². The second kappa shape index (κ2) is 7.20. The molecule has 0 aliphatic rings. The Morgan fingerprint density at radius 1 is 0.826 bits per heavy atom. The van der Waals surface area contributed by atoms with Crippen LogP contribution < -0.4 is 4.74 Å². The number of benzene rings is 2. The van der Waals surface area contributed by atoms with Crippen LogP contribution in [0.1, 0.15) is 12.5 Å². The molecule has 0 aliphatic heterocycles. The van der Waals surface area contributed by atoms with Crippen LogP contribution in [0.5, 0.6) is 5.75 Å². The van der Waals surface area contributed by atoms with E-state index >= 15 is 0 Å². The normalized spacial score (nSPS) is 10.8. The van der Waals surface area contributed by atoms with E-state index in [0.29, 0.717) is 0 Å². The van der Waals surface area contributed by atoms with Crippen molar-refractivity contribution in [2.24, 2.45) is 0 Å². The lowest BCUT2D eigenvalue weighted by atomic mass is 10.1. The molecule has 0 saturated carbocycles. The highest BCUT2D eigenvalue weighted by molar-refractivity contribution is 9.13. The highest BCUT2D eigenvalue weighted by Gasteiger charge is 2.17. The number of hydrogen-bond donors (Lipinski definition) is 0. The van der Waals surface area contributed by atoms with Crippen LogP contribution in [0.25, 0.3) is 20.9 Å². The smallest absolute Gasteiger partial charge is 0.118 e. The van der Waals surface area contributed by atoms with Gasteiger partial charge >= 0.3 is 0 Å². The molecule has 2 aromatic carbocycles. The van der Waals surface area contributed by atoms with Crippen LogP contribution in [-0.4, -0.2) is 7.11 Å². The number of hydrogen-bond acceptors (Lipinski definition) is 2. The van der Waals surface area contributed by atoms with Crippen LogP contribution in [0.15, 0.2) is 57.5 Å². The van der Waals surface area contributed by atoms with Crippen molar-refractivity contribution in [3.63, 3.8) is 0 Å². The highest BCUT2D eigenvalue weighted by atomic mass is 79.9. The Morgan fingerprint density at radius 3 is 1.74 bits per heavy atom. The Balaban J connectivity index is 2.03. The van der Waals surface area contributed by atoms with Crippen molar-refractivity contribution in [3.05, 3.63) is 63.0 Å². The summed E-state index contributed by atoms with van der Waals surface area (Å²) >= 11 is 9.25. The summed E-state index contributed by atoms with van der Waals surface area (Å²) < 4.78 is 7.45. The number of aryl methyl sites for hydroxylation is 1. The molecule has 1 nitrogen and oxygen atoms in total. The topological polar surface area (TPSA) is 9.23 Å². The molecule has 118 valence electrons. The monoisotopic (exact) mass is 450 g/mol. The predicted octanol–water partition coefficient (Wildman–Crippen LogP) is 7.18. The molecule has 3 rings (SSSR count). The summed E-state index contributed by atoms with van der Waals surface area (Å²) in [6.07, 6.45) is 1.06. The lowest BCUT2D eigenvalue weighted by Gasteiger charge is -2.02. The Kier molecular flexibility index (Phi) is 5.24. The maximum atomic E-state index is 5.24. The second-order valence-electron chi connectivity index (χ2n) is 5.17. The third-order valence-corrected chi connectivity index (χ3v) is 7.70. The Hall–Kier alpha value is -1.10. The predicted molar refractivity (Wildman–Crippen MR) is 107 cm³/mol. The molecule has 1 heterocycles. The molecular weight excluding hydrogens is 436 g/mol. The summed E-state index contributed by atoms with van der Waals surface area (Å²) in [5.74, 6) is 0.871. The molecule has 0 radical (unpaired) electrons. The molecule has 23 heavy (non-hydrogen) atoms. The van der Waals surface area contributed by atoms with Crippen LogP contribution in [0.2, 0.25) is 0 Å². The van der Waals surface area contributed by atoms with Crippen molar-refractivity contribution in [2.45, 2.75) is 13.3 Å². The standard InChI is InChI=1S/C19H16Br2OS/c1-3-12-4-6-13(7-5-12)18-16(20)17(21)19(23-18)14-8-10-15(22-2)11-9-14/h4-11H,3H2,1-2H3. The van der Waals surface area contributed by atoms with Crippen LogP contribution in [0.4, 0.5) is 0 Å². The summed E-state index contributed by atoms with van der Waals surface area (Å²) in [4.78, 5) is 2.46. The van der Waals surface area contributed by atoms with Gasteiger partial charge in [-0.05, 0) is 79.2 Å². The summed E-state index contributed by atoms with van der Waals surface area (Å²) in [5.41, 5.74) is 3.77. The molecule has 0 amide bonds. The third kappa shape index (κ3) is 3.39. The van der Waals surface area contributed by atoms with E-state index in [9.17, 15) is 0 Å². The first-order chi connectivity index (χ1) is 11.1. The lowest BCUT2D eigenvalue weighted by Crippen LogP contribution is -1.81. The fourth-order valence-electron chi connectivity index (χ4n) is 2.40. The van der Waals surface area contributed by atoms with Gasteiger partial charge < -0.3 is 4.74 Å². The molecule has 0 saturated heterocycles. The quantitative estimate of drug-likeness (QED) is 0.408. The van der Waals surface area contributed by atoms with Gasteiger partial charge in [0.15, 0.2) is 0 Å². The second-order valence-corrected chi connectivity index (χ2v) is 7.77. The van der Waals surface area contributed by atoms with E-state index in [4.69, 9.17) is 4.74 Å². The fourth-order valence-corrected chi connectivity index (χ4v) is 5.09. The first-order valence-electron chi connectivity index (χ1n) is 7.35. The van der Waals surface area contributed by atoms with Crippen LogP contribution >= 0.6 is 43.2 Å². The number of rotatable bonds is 4. The first kappa shape index (κ1) is 16.7. The molecule has 3 aromatic rings. The van der Waals surface area contributed by atoms with Crippen molar-refractivity contribution in [3.8, 4) is 26.6 Å². The number of halogens is 2. The van der Waals surface area contributed by atoms with Crippen molar-refractivity contribution >= 4 is 43.2 Å². The fraction of sp³-hybridized carbons (Fsp3) is 0.158. The molecule has 0 fully saturated rings. The molecule has 0 unspecified atom stereocenters. The largest absolute Gasteiger partial charge is 0.497 e. The Bertz CT molecular complexity index is 737. The average molecular weight is 452 g/mol. The van der Waals surface area contributed by atoms with E-state index in [-0.39, 0.29) is 0 Å². The molecule has 0 N–H and O–H groups in total. The molecular formula is C19H16Br2OS. The molecule has 0 bridgehead atoms. The summed E-state index contributed by atoms with van der Waals surface area (Å²) in [5, 5.41) is 0. The van der Waals surface area contributed by atoms with E-state index in [1.54, 1.807) is 18.4 Å². The van der Waals surface area contributed by atoms with Crippen molar-refractivity contribution < 1.29 is 4.74 Å². The Morgan fingerprint density at radius 2 is 1.30 bits per heavy atom. The highest BCUT2D eigenvalue weighted by Crippen LogP contribution is 2.48. The zero-order chi connectivity index (χ0) is 16.4. The van der Waals surface area contributed by atoms with Crippen molar-refractivity contribution in [1.82, 2.24) is 0 Å². The van der Waals surface area contributed by atoms with Gasteiger partial charge in [0, 0.05) is 0 Å². The van der Waals surface area contributed by atoms with Gasteiger partial charge in [-0.1, -0.05) is 31.2 Å². The van der Waals surface area contributed by atoms with E-state index < -0.39 is 0 Å². The Labute approximate surface area is 157 Å². The molecule has 1 aromatic heterocycles. The summed E-state index contributed by atoms with van der Waals surface area (Å²) in [6.45, 7) is 2.18. The van der Waals surface area contributed by atoms with Gasteiger partial charge in [-0.15, -0.1) is 11.3 Å². The zero-order valence-corrected chi connectivity index (χ0v) is 16.9. The van der Waals surface area contributed by atoms with E-state index in [0.717, 1.165) is 21.1 Å². The van der Waals surface area contributed by atoms with E-state index in [2.05, 4.69) is 75.2 Å². The number of ether oxygens (including phenoxy) is 1. The lowest BCUT2D eigenvalue weighted by molar-refractivity contribution is 0.415. The summed E-state index contributed by atoms with van der Waals surface area (Å²) in [6, 6.07) is 16.9. The van der Waals surface area contributed by atoms with E-state index in [1.807, 2.05) is 12.1 Å². The maximum Gasteiger partial charge on any atom is 0.118 e. The average Bonchev–Trinajstić information content (AvgIpc) is 2.91. The van der Waals surface area contributed by atoms with Crippen molar-refractivity contribution in [1.29, 1.82) is 0 Å². The molecule has 4 heteroatoms. The zero-order valence-electron chi connectivity index (χ0n) is 12.9. The van der Waals surface area contributed by atoms with Gasteiger partial charge in [-0.2, -0.15) is 0 Å². The minimum atomic E-state index is 0.871. The maximum absolute atomic E-state index is 5.24. The van der Waals surface area contributed by atoms with Crippen molar-refractivity contribution in [2.75, 3.05) is 7.11 Å². The van der Waals surface area contributed by atoms with Crippen LogP contribution in [0, 0.1) is 0 Å². The SMILES string of the molecule is CCc1ccc(-c2sc(-c3ccc(OC)cc3)c(Br)c2Br)cc1. The minimum absolute atomic E-state index is 0.871. The summed E-state index contributed by atoms with van der Waals surface area (Å²) in [7, 11) is 1.69. The van der Waals surface area contributed by atoms with E-state index in [1.165, 1.54) is 26.4 Å². The first-order valence-corrected chi connectivity index (χ1v) is 9.75. The molecule has 0 spiro atoms. The number of thiophene rings is 1. The van der Waals surface area contributed by atoms with Crippen LogP contribution in [-0.2, 0) is 6.42 Å². The molecule has 0 aliphatic carbocycles. The van der Waals surface area contributed by atoms with Gasteiger partial charge in [0.1, 0.15) is 5.75 Å². The number of methoxy groups -OCH3 is 1. The van der Waals surface area contributed by atoms with Gasteiger partial charge in [0.05, 0.1) is 25.8 Å².